The predicted octanol–water partition coefficient (Wildman–Crippen LogP) is 2.19. The lowest BCUT2D eigenvalue weighted by Crippen LogP contribution is -2.24. The third kappa shape index (κ3) is 2.89. The minimum absolute atomic E-state index is 0.126. The minimum Gasteiger partial charge on any atom is -0.399 e. The molecule has 1 rings (SSSR count). The van der Waals surface area contributed by atoms with E-state index >= 15 is 0 Å². The van der Waals surface area contributed by atoms with E-state index in [4.69, 9.17) is 0 Å². The summed E-state index contributed by atoms with van der Waals surface area (Å²) in [6, 6.07) is 1.39. The zero-order chi connectivity index (χ0) is 10.9. The lowest BCUT2D eigenvalue weighted by atomic mass is 10.4. The first kappa shape index (κ1) is 11.3. The van der Waals surface area contributed by atoms with Gasteiger partial charge in [-0.05, 0) is 35.6 Å². The fourth-order valence-corrected chi connectivity index (χ4v) is 1.67. The SMILES string of the molecule is Cc1cc(I)c(OC(F)(F)F)c(=O)[nH]1. The van der Waals surface area contributed by atoms with Crippen LogP contribution in [0.1, 0.15) is 5.69 Å². The van der Waals surface area contributed by atoms with Gasteiger partial charge in [0.1, 0.15) is 0 Å². The number of halogens is 4. The van der Waals surface area contributed by atoms with Crippen molar-refractivity contribution in [2.45, 2.75) is 13.3 Å². The number of aromatic nitrogens is 1. The molecule has 0 unspecified atom stereocenters. The average molecular weight is 319 g/mol. The van der Waals surface area contributed by atoms with E-state index in [1.165, 1.54) is 6.07 Å². The Morgan fingerprint density at radius 2 is 2.07 bits per heavy atom. The standard InChI is InChI=1S/C7H5F3INO2/c1-3-2-4(11)5(6(13)12-3)14-7(8,9)10/h2H,1H3,(H,12,13). The summed E-state index contributed by atoms with van der Waals surface area (Å²) in [5, 5.41) is 0. The van der Waals surface area contributed by atoms with Crippen molar-refractivity contribution < 1.29 is 17.9 Å². The van der Waals surface area contributed by atoms with Gasteiger partial charge in [-0.3, -0.25) is 4.79 Å². The molecule has 0 aliphatic heterocycles. The van der Waals surface area contributed by atoms with Crippen molar-refractivity contribution in [3.8, 4) is 5.75 Å². The minimum atomic E-state index is -4.85. The molecule has 1 aromatic rings. The van der Waals surface area contributed by atoms with Crippen LogP contribution in [0.15, 0.2) is 10.9 Å². The van der Waals surface area contributed by atoms with Crippen LogP contribution < -0.4 is 10.3 Å². The molecule has 7 heteroatoms. The Bertz CT molecular complexity index is 399. The van der Waals surface area contributed by atoms with E-state index in [-0.39, 0.29) is 3.57 Å². The summed E-state index contributed by atoms with van der Waals surface area (Å²) in [6.45, 7) is 1.57. The largest absolute Gasteiger partial charge is 0.573 e. The highest BCUT2D eigenvalue weighted by Gasteiger charge is 2.33. The van der Waals surface area contributed by atoms with Gasteiger partial charge in [-0.25, -0.2) is 0 Å². The molecule has 0 aliphatic carbocycles. The highest BCUT2D eigenvalue weighted by molar-refractivity contribution is 14.1. The van der Waals surface area contributed by atoms with E-state index in [1.807, 2.05) is 0 Å². The monoisotopic (exact) mass is 319 g/mol. The first-order chi connectivity index (χ1) is 6.29. The normalized spacial score (nSPS) is 11.5. The van der Waals surface area contributed by atoms with Gasteiger partial charge >= 0.3 is 6.36 Å². The highest BCUT2D eigenvalue weighted by Crippen LogP contribution is 2.23. The van der Waals surface area contributed by atoms with E-state index in [0.29, 0.717) is 5.69 Å². The fourth-order valence-electron chi connectivity index (χ4n) is 0.847. The number of hydrogen-bond donors (Lipinski definition) is 1. The molecule has 0 atom stereocenters. The van der Waals surface area contributed by atoms with E-state index < -0.39 is 17.7 Å². The van der Waals surface area contributed by atoms with Gasteiger partial charge in [0.2, 0.25) is 5.75 Å². The Morgan fingerprint density at radius 3 is 2.50 bits per heavy atom. The van der Waals surface area contributed by atoms with Crippen LogP contribution in [0.25, 0.3) is 0 Å². The van der Waals surface area contributed by atoms with Gasteiger partial charge in [0.15, 0.2) is 0 Å². The second-order valence-electron chi connectivity index (χ2n) is 2.51. The van der Waals surface area contributed by atoms with Crippen LogP contribution in [0.2, 0.25) is 0 Å². The maximum atomic E-state index is 11.8. The first-order valence-corrected chi connectivity index (χ1v) is 4.52. The molecule has 0 aromatic carbocycles. The Hall–Kier alpha value is -0.730. The number of H-pyrrole nitrogens is 1. The molecule has 14 heavy (non-hydrogen) atoms. The zero-order valence-electron chi connectivity index (χ0n) is 6.91. The second kappa shape index (κ2) is 3.79. The Labute approximate surface area is 90.4 Å². The summed E-state index contributed by atoms with van der Waals surface area (Å²) >= 11 is 1.61. The molecule has 0 fully saturated rings. The number of pyridine rings is 1. The van der Waals surface area contributed by atoms with Gasteiger partial charge in [-0.1, -0.05) is 0 Å². The topological polar surface area (TPSA) is 42.1 Å². The van der Waals surface area contributed by atoms with E-state index in [0.717, 1.165) is 0 Å². The van der Waals surface area contributed by atoms with Crippen molar-refractivity contribution in [1.82, 2.24) is 4.98 Å². The first-order valence-electron chi connectivity index (χ1n) is 3.45. The van der Waals surface area contributed by atoms with Crippen molar-refractivity contribution in [3.63, 3.8) is 0 Å². The molecule has 0 saturated heterocycles. The smallest absolute Gasteiger partial charge is 0.399 e. The molecule has 0 bridgehead atoms. The van der Waals surface area contributed by atoms with Crippen molar-refractivity contribution >= 4 is 22.6 Å². The molecule has 0 radical (unpaired) electrons. The van der Waals surface area contributed by atoms with E-state index in [9.17, 15) is 18.0 Å². The van der Waals surface area contributed by atoms with E-state index in [2.05, 4.69) is 9.72 Å². The van der Waals surface area contributed by atoms with Crippen LogP contribution in [0.3, 0.4) is 0 Å². The summed E-state index contributed by atoms with van der Waals surface area (Å²) in [6.07, 6.45) is -4.85. The molecule has 78 valence electrons. The van der Waals surface area contributed by atoms with Crippen molar-refractivity contribution in [3.05, 3.63) is 25.7 Å². The maximum absolute atomic E-state index is 11.8. The lowest BCUT2D eigenvalue weighted by molar-refractivity contribution is -0.275. The van der Waals surface area contributed by atoms with Crippen LogP contribution in [0, 0.1) is 10.5 Å². The summed E-state index contributed by atoms with van der Waals surface area (Å²) in [5.74, 6) is -0.719. The maximum Gasteiger partial charge on any atom is 0.573 e. The van der Waals surface area contributed by atoms with Crippen LogP contribution in [-0.2, 0) is 0 Å². The number of alkyl halides is 3. The fraction of sp³-hybridized carbons (Fsp3) is 0.286. The van der Waals surface area contributed by atoms with Crippen LogP contribution >= 0.6 is 22.6 Å². The second-order valence-corrected chi connectivity index (χ2v) is 3.67. The lowest BCUT2D eigenvalue weighted by Gasteiger charge is -2.09. The van der Waals surface area contributed by atoms with Crippen molar-refractivity contribution in [2.24, 2.45) is 0 Å². The van der Waals surface area contributed by atoms with Gasteiger partial charge in [0.05, 0.1) is 3.57 Å². The Morgan fingerprint density at radius 1 is 1.50 bits per heavy atom. The van der Waals surface area contributed by atoms with E-state index in [1.54, 1.807) is 29.5 Å². The Balaban J connectivity index is 3.16. The van der Waals surface area contributed by atoms with Gasteiger partial charge in [0.25, 0.3) is 5.56 Å². The van der Waals surface area contributed by atoms with Crippen LogP contribution in [0.5, 0.6) is 5.75 Å². The molecular formula is C7H5F3INO2. The predicted molar refractivity (Wildman–Crippen MR) is 51.2 cm³/mol. The average Bonchev–Trinajstić information content (AvgIpc) is 1.95. The molecule has 1 N–H and O–H groups in total. The zero-order valence-corrected chi connectivity index (χ0v) is 9.06. The number of nitrogens with one attached hydrogen (secondary N) is 1. The highest BCUT2D eigenvalue weighted by atomic mass is 127. The van der Waals surface area contributed by atoms with Gasteiger partial charge in [0, 0.05) is 5.69 Å². The molecule has 0 aliphatic rings. The van der Waals surface area contributed by atoms with Gasteiger partial charge in [-0.2, -0.15) is 0 Å². The summed E-state index contributed by atoms with van der Waals surface area (Å²) in [4.78, 5) is 13.3. The Kier molecular flexibility index (Phi) is 3.07. The van der Waals surface area contributed by atoms with Gasteiger partial charge < -0.3 is 9.72 Å². The summed E-state index contributed by atoms with van der Waals surface area (Å²) < 4.78 is 39.2. The third-order valence-corrected chi connectivity index (χ3v) is 2.10. The van der Waals surface area contributed by atoms with Gasteiger partial charge in [-0.15, -0.1) is 13.2 Å². The van der Waals surface area contributed by atoms with Crippen molar-refractivity contribution in [1.29, 1.82) is 0 Å². The van der Waals surface area contributed by atoms with Crippen LogP contribution in [0.4, 0.5) is 13.2 Å². The molecule has 1 aromatic heterocycles. The molecule has 0 spiro atoms. The summed E-state index contributed by atoms with van der Waals surface area (Å²) in [7, 11) is 0. The molecule has 0 saturated carbocycles. The molecular weight excluding hydrogens is 314 g/mol. The summed E-state index contributed by atoms with van der Waals surface area (Å²) in [5.41, 5.74) is -0.402. The third-order valence-electron chi connectivity index (χ3n) is 1.29. The molecule has 3 nitrogen and oxygen atoms in total. The number of rotatable bonds is 1. The number of aryl methyl sites for hydroxylation is 1. The molecule has 0 amide bonds. The number of hydrogen-bond acceptors (Lipinski definition) is 2. The number of aromatic amines is 1. The van der Waals surface area contributed by atoms with Crippen molar-refractivity contribution in [2.75, 3.05) is 0 Å². The molecule has 1 heterocycles. The quantitative estimate of drug-likeness (QED) is 0.806. The van der Waals surface area contributed by atoms with Crippen LogP contribution in [-0.4, -0.2) is 11.3 Å². The number of ether oxygens (including phenoxy) is 1.